The molecule has 3 rings (SSSR count). The molecule has 1 aromatic heterocycles. The zero-order valence-corrected chi connectivity index (χ0v) is 21.7. The molecule has 1 saturated heterocycles. The van der Waals surface area contributed by atoms with Crippen LogP contribution in [0.5, 0.6) is 6.01 Å². The molecule has 0 unspecified atom stereocenters. The molecule has 38 heavy (non-hydrogen) atoms. The largest absolute Gasteiger partial charge is 0.468 e. The van der Waals surface area contributed by atoms with Gasteiger partial charge in [0.25, 0.3) is 0 Å². The van der Waals surface area contributed by atoms with E-state index in [1.165, 1.54) is 12.0 Å². The Balaban J connectivity index is 1.67. The number of nitrogen functional groups attached to an aromatic ring is 1. The Morgan fingerprint density at radius 3 is 2.55 bits per heavy atom. The SMILES string of the molecule is CCCCOc1nc(N)c([N+](=O)[O-])c(N(CCC2CCN(OC(=O)c3ccccc3)CC2)CC(=O)OC)n1. The van der Waals surface area contributed by atoms with E-state index in [1.54, 1.807) is 29.3 Å². The van der Waals surface area contributed by atoms with Gasteiger partial charge >= 0.3 is 23.6 Å². The van der Waals surface area contributed by atoms with Crippen LogP contribution in [-0.4, -0.2) is 71.8 Å². The Morgan fingerprint density at radius 2 is 1.92 bits per heavy atom. The summed E-state index contributed by atoms with van der Waals surface area (Å²) in [5.74, 6) is -1.17. The fourth-order valence-corrected chi connectivity index (χ4v) is 4.06. The van der Waals surface area contributed by atoms with E-state index in [9.17, 15) is 19.7 Å². The number of methoxy groups -OCH3 is 1. The number of esters is 1. The van der Waals surface area contributed by atoms with Gasteiger partial charge in [-0.25, -0.2) is 4.79 Å². The third-order valence-electron chi connectivity index (χ3n) is 6.23. The van der Waals surface area contributed by atoms with E-state index in [4.69, 9.17) is 20.0 Å². The highest BCUT2D eigenvalue weighted by Crippen LogP contribution is 2.33. The minimum Gasteiger partial charge on any atom is -0.468 e. The number of nitro groups is 1. The van der Waals surface area contributed by atoms with Gasteiger partial charge in [0.1, 0.15) is 6.54 Å². The summed E-state index contributed by atoms with van der Waals surface area (Å²) in [6.07, 6.45) is 3.74. The molecule has 0 radical (unpaired) electrons. The lowest BCUT2D eigenvalue weighted by Crippen LogP contribution is -2.38. The maximum atomic E-state index is 12.3. The van der Waals surface area contributed by atoms with Gasteiger partial charge in [-0.3, -0.25) is 14.9 Å². The maximum Gasteiger partial charge on any atom is 0.357 e. The predicted octanol–water partition coefficient (Wildman–Crippen LogP) is 3.00. The summed E-state index contributed by atoms with van der Waals surface area (Å²) in [7, 11) is 1.25. The monoisotopic (exact) mass is 530 g/mol. The lowest BCUT2D eigenvalue weighted by Gasteiger charge is -2.32. The van der Waals surface area contributed by atoms with E-state index in [0.29, 0.717) is 31.7 Å². The van der Waals surface area contributed by atoms with E-state index in [0.717, 1.165) is 25.7 Å². The molecule has 2 aromatic rings. The summed E-state index contributed by atoms with van der Waals surface area (Å²) in [5, 5.41) is 13.5. The number of benzene rings is 1. The van der Waals surface area contributed by atoms with Crippen LogP contribution in [0, 0.1) is 16.0 Å². The minimum atomic E-state index is -0.662. The van der Waals surface area contributed by atoms with Crippen molar-refractivity contribution in [2.75, 3.05) is 50.5 Å². The number of aromatic nitrogens is 2. The van der Waals surface area contributed by atoms with Gasteiger partial charge in [0, 0.05) is 19.6 Å². The number of carbonyl (C=O) groups is 2. The third-order valence-corrected chi connectivity index (χ3v) is 6.23. The summed E-state index contributed by atoms with van der Waals surface area (Å²) < 4.78 is 10.3. The molecule has 2 N–H and O–H groups in total. The Morgan fingerprint density at radius 1 is 1.21 bits per heavy atom. The number of carbonyl (C=O) groups excluding carboxylic acids is 2. The quantitative estimate of drug-likeness (QED) is 0.174. The van der Waals surface area contributed by atoms with Crippen molar-refractivity contribution in [2.45, 2.75) is 39.0 Å². The first-order chi connectivity index (χ1) is 18.3. The van der Waals surface area contributed by atoms with Crippen LogP contribution >= 0.6 is 0 Å². The van der Waals surface area contributed by atoms with E-state index in [2.05, 4.69) is 9.97 Å². The van der Waals surface area contributed by atoms with Gasteiger partial charge in [-0.1, -0.05) is 31.5 Å². The number of nitrogens with zero attached hydrogens (tertiary/aromatic N) is 5. The second-order valence-corrected chi connectivity index (χ2v) is 8.93. The number of unbranched alkanes of at least 4 members (excludes halogenated alkanes) is 1. The standard InChI is InChI=1S/C25H34N6O7/c1-3-4-16-37-25-27-22(26)21(31(34)35)23(28-25)29(17-20(32)36-2)13-10-18-11-14-30(15-12-18)38-24(33)19-8-6-5-7-9-19/h5-9,18H,3-4,10-17H2,1-2H3,(H2,26,27,28). The van der Waals surface area contributed by atoms with Gasteiger partial charge in [0.05, 0.1) is 24.2 Å². The first-order valence-electron chi connectivity index (χ1n) is 12.6. The van der Waals surface area contributed by atoms with Crippen molar-refractivity contribution >= 4 is 29.3 Å². The molecule has 2 heterocycles. The Labute approximate surface area is 221 Å². The van der Waals surface area contributed by atoms with Crippen molar-refractivity contribution in [3.05, 3.63) is 46.0 Å². The zero-order valence-electron chi connectivity index (χ0n) is 21.7. The number of ether oxygens (including phenoxy) is 2. The van der Waals surface area contributed by atoms with Crippen LogP contribution in [0.25, 0.3) is 0 Å². The summed E-state index contributed by atoms with van der Waals surface area (Å²) in [5.41, 5.74) is 5.90. The van der Waals surface area contributed by atoms with Crippen LogP contribution in [-0.2, 0) is 14.4 Å². The fraction of sp³-hybridized carbons (Fsp3) is 0.520. The molecule has 1 fully saturated rings. The first-order valence-corrected chi connectivity index (χ1v) is 12.6. The summed E-state index contributed by atoms with van der Waals surface area (Å²) >= 11 is 0. The van der Waals surface area contributed by atoms with Crippen LogP contribution in [0.4, 0.5) is 17.3 Å². The molecule has 13 heteroatoms. The van der Waals surface area contributed by atoms with Crippen LogP contribution < -0.4 is 15.4 Å². The van der Waals surface area contributed by atoms with Crippen molar-refractivity contribution in [1.29, 1.82) is 0 Å². The number of rotatable bonds is 13. The maximum absolute atomic E-state index is 12.3. The number of nitrogens with two attached hydrogens (primary N) is 1. The fourth-order valence-electron chi connectivity index (χ4n) is 4.06. The van der Waals surface area contributed by atoms with Crippen molar-refractivity contribution in [3.63, 3.8) is 0 Å². The van der Waals surface area contributed by atoms with Crippen molar-refractivity contribution in [1.82, 2.24) is 15.0 Å². The van der Waals surface area contributed by atoms with Crippen molar-refractivity contribution < 1.29 is 28.8 Å². The lowest BCUT2D eigenvalue weighted by molar-refractivity contribution is -0.383. The lowest BCUT2D eigenvalue weighted by atomic mass is 9.94. The number of anilines is 2. The highest BCUT2D eigenvalue weighted by atomic mass is 16.7. The van der Waals surface area contributed by atoms with E-state index in [1.807, 2.05) is 13.0 Å². The van der Waals surface area contributed by atoms with Crippen LogP contribution in [0.2, 0.25) is 0 Å². The van der Waals surface area contributed by atoms with Gasteiger partial charge < -0.3 is 24.9 Å². The molecule has 0 amide bonds. The van der Waals surface area contributed by atoms with Gasteiger partial charge in [0.15, 0.2) is 0 Å². The number of hydroxylamine groups is 2. The average molecular weight is 531 g/mol. The molecule has 0 atom stereocenters. The Kier molecular flexibility index (Phi) is 10.6. The van der Waals surface area contributed by atoms with E-state index >= 15 is 0 Å². The molecule has 0 spiro atoms. The van der Waals surface area contributed by atoms with Crippen molar-refractivity contribution in [2.24, 2.45) is 5.92 Å². The zero-order chi connectivity index (χ0) is 27.5. The molecule has 1 aromatic carbocycles. The smallest absolute Gasteiger partial charge is 0.357 e. The highest BCUT2D eigenvalue weighted by Gasteiger charge is 2.30. The van der Waals surface area contributed by atoms with Gasteiger partial charge in [-0.2, -0.15) is 9.97 Å². The summed E-state index contributed by atoms with van der Waals surface area (Å²) in [6.45, 7) is 3.46. The van der Waals surface area contributed by atoms with Gasteiger partial charge in [-0.15, -0.1) is 5.06 Å². The van der Waals surface area contributed by atoms with E-state index < -0.39 is 22.5 Å². The van der Waals surface area contributed by atoms with Gasteiger partial charge in [0.2, 0.25) is 11.6 Å². The van der Waals surface area contributed by atoms with Crippen LogP contribution in [0.1, 0.15) is 49.4 Å². The molecule has 1 aliphatic heterocycles. The third kappa shape index (κ3) is 8.00. The molecule has 0 aliphatic carbocycles. The van der Waals surface area contributed by atoms with Crippen LogP contribution in [0.15, 0.2) is 30.3 Å². The molecule has 13 nitrogen and oxygen atoms in total. The molecule has 0 bridgehead atoms. The Hall–Kier alpha value is -4.00. The number of hydrogen-bond donors (Lipinski definition) is 1. The molecule has 0 saturated carbocycles. The Bertz CT molecular complexity index is 1090. The summed E-state index contributed by atoms with van der Waals surface area (Å²) in [6, 6.07) is 8.70. The number of piperidine rings is 1. The predicted molar refractivity (Wildman–Crippen MR) is 139 cm³/mol. The topological polar surface area (TPSA) is 163 Å². The van der Waals surface area contributed by atoms with E-state index in [-0.39, 0.29) is 36.7 Å². The molecule has 1 aliphatic rings. The van der Waals surface area contributed by atoms with Crippen molar-refractivity contribution in [3.8, 4) is 6.01 Å². The molecular weight excluding hydrogens is 496 g/mol. The second kappa shape index (κ2) is 14.1. The second-order valence-electron chi connectivity index (χ2n) is 8.93. The highest BCUT2D eigenvalue weighted by molar-refractivity contribution is 5.89. The normalized spacial score (nSPS) is 14.1. The first kappa shape index (κ1) is 28.6. The van der Waals surface area contributed by atoms with Crippen LogP contribution in [0.3, 0.4) is 0 Å². The molecular formula is C25H34N6O7. The average Bonchev–Trinajstić information content (AvgIpc) is 2.91. The minimum absolute atomic E-state index is 0.0834. The van der Waals surface area contributed by atoms with Gasteiger partial charge in [-0.05, 0) is 43.7 Å². The molecule has 206 valence electrons. The summed E-state index contributed by atoms with van der Waals surface area (Å²) in [4.78, 5) is 50.8. The number of hydrogen-bond acceptors (Lipinski definition) is 12.